The Balaban J connectivity index is 2.76. The molecule has 0 aromatic heterocycles. The molecule has 1 aromatic carbocycles. The van der Waals surface area contributed by atoms with Crippen LogP contribution in [0.15, 0.2) is 29.3 Å². The van der Waals surface area contributed by atoms with Gasteiger partial charge in [-0.1, -0.05) is 45.0 Å². The summed E-state index contributed by atoms with van der Waals surface area (Å²) in [6.07, 6.45) is 0.113. The van der Waals surface area contributed by atoms with Gasteiger partial charge in [-0.2, -0.15) is 0 Å². The van der Waals surface area contributed by atoms with E-state index in [2.05, 4.69) is 50.5 Å². The van der Waals surface area contributed by atoms with Gasteiger partial charge in [0.05, 0.1) is 19.3 Å². The predicted octanol–water partition coefficient (Wildman–Crippen LogP) is 3.34. The van der Waals surface area contributed by atoms with E-state index in [0.29, 0.717) is 26.3 Å². The zero-order chi connectivity index (χ0) is 18.7. The molecule has 0 aliphatic heterocycles. The summed E-state index contributed by atoms with van der Waals surface area (Å²) in [5.41, 5.74) is 2.45. The molecule has 0 aliphatic carbocycles. The second-order valence-corrected chi connectivity index (χ2v) is 7.07. The molecule has 25 heavy (non-hydrogen) atoms. The molecule has 0 fully saturated rings. The van der Waals surface area contributed by atoms with Crippen LogP contribution in [0.25, 0.3) is 0 Å². The minimum atomic E-state index is 0.0726. The van der Waals surface area contributed by atoms with E-state index in [-0.39, 0.29) is 11.5 Å². The molecule has 5 heteroatoms. The van der Waals surface area contributed by atoms with Crippen molar-refractivity contribution in [2.75, 3.05) is 26.8 Å². The SMILES string of the molecule is CCNC(=NCc1ccccc1COCC)NCC(OC)C(C)(C)C. The third kappa shape index (κ3) is 7.88. The van der Waals surface area contributed by atoms with E-state index in [9.17, 15) is 0 Å². The topological polar surface area (TPSA) is 54.9 Å². The molecule has 0 bridgehead atoms. The third-order valence-electron chi connectivity index (χ3n) is 4.04. The highest BCUT2D eigenvalue weighted by Gasteiger charge is 2.24. The Labute approximate surface area is 153 Å². The van der Waals surface area contributed by atoms with Gasteiger partial charge in [0.15, 0.2) is 5.96 Å². The lowest BCUT2D eigenvalue weighted by molar-refractivity contribution is 0.0205. The number of hydrogen-bond acceptors (Lipinski definition) is 3. The zero-order valence-electron chi connectivity index (χ0n) is 16.7. The molecule has 1 rings (SSSR count). The van der Waals surface area contributed by atoms with Crippen LogP contribution >= 0.6 is 0 Å². The van der Waals surface area contributed by atoms with Gasteiger partial charge in [0.1, 0.15) is 0 Å². The number of benzene rings is 1. The second kappa shape index (κ2) is 11.1. The normalized spacial score (nSPS) is 13.6. The maximum absolute atomic E-state index is 5.61. The Morgan fingerprint density at radius 3 is 2.36 bits per heavy atom. The van der Waals surface area contributed by atoms with Crippen molar-refractivity contribution in [3.63, 3.8) is 0 Å². The van der Waals surface area contributed by atoms with Gasteiger partial charge < -0.3 is 20.1 Å². The fourth-order valence-corrected chi connectivity index (χ4v) is 2.50. The largest absolute Gasteiger partial charge is 0.379 e. The fourth-order valence-electron chi connectivity index (χ4n) is 2.50. The summed E-state index contributed by atoms with van der Waals surface area (Å²) in [6.45, 7) is 14.1. The van der Waals surface area contributed by atoms with Crippen LogP contribution < -0.4 is 10.6 Å². The Bertz CT molecular complexity index is 524. The van der Waals surface area contributed by atoms with Crippen molar-refractivity contribution < 1.29 is 9.47 Å². The van der Waals surface area contributed by atoms with Gasteiger partial charge in [-0.05, 0) is 30.4 Å². The summed E-state index contributed by atoms with van der Waals surface area (Å²) in [6, 6.07) is 8.29. The molecule has 0 aliphatic rings. The highest BCUT2D eigenvalue weighted by Crippen LogP contribution is 2.20. The average molecular weight is 350 g/mol. The quantitative estimate of drug-likeness (QED) is 0.530. The first kappa shape index (κ1) is 21.5. The van der Waals surface area contributed by atoms with Gasteiger partial charge in [-0.15, -0.1) is 0 Å². The molecule has 142 valence electrons. The van der Waals surface area contributed by atoms with Gasteiger partial charge >= 0.3 is 0 Å². The average Bonchev–Trinajstić information content (AvgIpc) is 2.57. The van der Waals surface area contributed by atoms with E-state index in [1.807, 2.05) is 19.1 Å². The second-order valence-electron chi connectivity index (χ2n) is 7.07. The highest BCUT2D eigenvalue weighted by molar-refractivity contribution is 5.79. The Morgan fingerprint density at radius 2 is 1.80 bits per heavy atom. The van der Waals surface area contributed by atoms with Crippen molar-refractivity contribution in [1.82, 2.24) is 10.6 Å². The van der Waals surface area contributed by atoms with Crippen molar-refractivity contribution in [3.05, 3.63) is 35.4 Å². The van der Waals surface area contributed by atoms with Crippen molar-refractivity contribution >= 4 is 5.96 Å². The first-order chi connectivity index (χ1) is 11.9. The first-order valence-electron chi connectivity index (χ1n) is 9.11. The molecule has 1 aromatic rings. The standard InChI is InChI=1S/C20H35N3O2/c1-7-21-19(23-14-18(24-6)20(3,4)5)22-13-16-11-9-10-12-17(16)15-25-8-2/h9-12,18H,7-8,13-15H2,1-6H3,(H2,21,22,23). The molecule has 5 nitrogen and oxygen atoms in total. The predicted molar refractivity (Wildman–Crippen MR) is 105 cm³/mol. The number of methoxy groups -OCH3 is 1. The summed E-state index contributed by atoms with van der Waals surface area (Å²) in [5, 5.41) is 6.69. The molecule has 0 saturated heterocycles. The Hall–Kier alpha value is -1.59. The van der Waals surface area contributed by atoms with E-state index in [4.69, 9.17) is 14.5 Å². The Morgan fingerprint density at radius 1 is 1.12 bits per heavy atom. The maximum atomic E-state index is 5.61. The number of nitrogens with zero attached hydrogens (tertiary/aromatic N) is 1. The van der Waals surface area contributed by atoms with E-state index >= 15 is 0 Å². The molecule has 0 amide bonds. The monoisotopic (exact) mass is 349 g/mol. The van der Waals surface area contributed by atoms with Crippen LogP contribution in [0.1, 0.15) is 45.7 Å². The van der Waals surface area contributed by atoms with Crippen molar-refractivity contribution in [3.8, 4) is 0 Å². The minimum absolute atomic E-state index is 0.0726. The smallest absolute Gasteiger partial charge is 0.191 e. The van der Waals surface area contributed by atoms with Crippen LogP contribution in [0.5, 0.6) is 0 Å². The summed E-state index contributed by atoms with van der Waals surface area (Å²) >= 11 is 0. The van der Waals surface area contributed by atoms with Gasteiger partial charge in [-0.3, -0.25) is 0 Å². The maximum Gasteiger partial charge on any atom is 0.191 e. The van der Waals surface area contributed by atoms with Gasteiger partial charge in [0.2, 0.25) is 0 Å². The minimum Gasteiger partial charge on any atom is -0.379 e. The summed E-state index contributed by atoms with van der Waals surface area (Å²) in [4.78, 5) is 4.72. The molecule has 2 N–H and O–H groups in total. The van der Waals surface area contributed by atoms with Crippen LogP contribution in [0, 0.1) is 5.41 Å². The van der Waals surface area contributed by atoms with Crippen LogP contribution in [-0.2, 0) is 22.6 Å². The number of guanidine groups is 1. The molecule has 1 atom stereocenters. The molecule has 1 unspecified atom stereocenters. The van der Waals surface area contributed by atoms with Gasteiger partial charge in [-0.25, -0.2) is 4.99 Å². The van der Waals surface area contributed by atoms with Crippen molar-refractivity contribution in [1.29, 1.82) is 0 Å². The molecule has 0 saturated carbocycles. The van der Waals surface area contributed by atoms with Crippen LogP contribution in [0.4, 0.5) is 0 Å². The summed E-state index contributed by atoms with van der Waals surface area (Å²) in [5.74, 6) is 0.806. The van der Waals surface area contributed by atoms with Crippen LogP contribution in [-0.4, -0.2) is 38.9 Å². The summed E-state index contributed by atoms with van der Waals surface area (Å²) < 4.78 is 11.2. The number of aliphatic imine (C=N–C) groups is 1. The van der Waals surface area contributed by atoms with Gasteiger partial charge in [0, 0.05) is 26.8 Å². The molecule has 0 heterocycles. The number of ether oxygens (including phenoxy) is 2. The summed E-state index contributed by atoms with van der Waals surface area (Å²) in [7, 11) is 1.76. The number of nitrogens with one attached hydrogen (secondary N) is 2. The number of rotatable bonds is 9. The van der Waals surface area contributed by atoms with Crippen LogP contribution in [0.3, 0.4) is 0 Å². The zero-order valence-corrected chi connectivity index (χ0v) is 16.7. The van der Waals surface area contributed by atoms with E-state index < -0.39 is 0 Å². The third-order valence-corrected chi connectivity index (χ3v) is 4.04. The van der Waals surface area contributed by atoms with Crippen molar-refractivity contribution in [2.24, 2.45) is 10.4 Å². The van der Waals surface area contributed by atoms with Gasteiger partial charge in [0.25, 0.3) is 0 Å². The van der Waals surface area contributed by atoms with Crippen LogP contribution in [0.2, 0.25) is 0 Å². The molecular formula is C20H35N3O2. The van der Waals surface area contributed by atoms with E-state index in [0.717, 1.165) is 12.5 Å². The lowest BCUT2D eigenvalue weighted by Crippen LogP contribution is -2.45. The Kier molecular flexibility index (Phi) is 9.53. The fraction of sp³-hybridized carbons (Fsp3) is 0.650. The van der Waals surface area contributed by atoms with E-state index in [1.54, 1.807) is 7.11 Å². The van der Waals surface area contributed by atoms with E-state index in [1.165, 1.54) is 11.1 Å². The lowest BCUT2D eigenvalue weighted by Gasteiger charge is -2.30. The first-order valence-corrected chi connectivity index (χ1v) is 9.11. The van der Waals surface area contributed by atoms with Crippen molar-refractivity contribution in [2.45, 2.75) is 53.9 Å². The highest BCUT2D eigenvalue weighted by atomic mass is 16.5. The molecule has 0 radical (unpaired) electrons. The lowest BCUT2D eigenvalue weighted by atomic mass is 9.89. The molecule has 0 spiro atoms. The number of hydrogen-bond donors (Lipinski definition) is 2. The molecular weight excluding hydrogens is 314 g/mol.